The molecule has 2 heterocycles. The lowest BCUT2D eigenvalue weighted by molar-refractivity contribution is -0.136. The molecule has 1 atom stereocenters. The van der Waals surface area contributed by atoms with Gasteiger partial charge in [0.1, 0.15) is 0 Å². The molecule has 5 heteroatoms. The van der Waals surface area contributed by atoms with Gasteiger partial charge in [-0.25, -0.2) is 0 Å². The van der Waals surface area contributed by atoms with E-state index in [0.717, 1.165) is 52.0 Å². The summed E-state index contributed by atoms with van der Waals surface area (Å²) in [6.07, 6.45) is 5.36. The van der Waals surface area contributed by atoms with E-state index in [1.807, 2.05) is 0 Å². The van der Waals surface area contributed by atoms with E-state index in [1.54, 1.807) is 7.11 Å². The van der Waals surface area contributed by atoms with Gasteiger partial charge in [0.2, 0.25) is 5.91 Å². The van der Waals surface area contributed by atoms with Crippen LogP contribution in [0.4, 0.5) is 0 Å². The van der Waals surface area contributed by atoms with Crippen LogP contribution in [0, 0.1) is 5.41 Å². The van der Waals surface area contributed by atoms with Gasteiger partial charge in [-0.05, 0) is 50.9 Å². The highest BCUT2D eigenvalue weighted by molar-refractivity contribution is 5.83. The summed E-state index contributed by atoms with van der Waals surface area (Å²) in [5.41, 5.74) is 0.985. The molecule has 0 aliphatic carbocycles. The van der Waals surface area contributed by atoms with Crippen LogP contribution in [0.2, 0.25) is 0 Å². The van der Waals surface area contributed by atoms with Gasteiger partial charge in [0.15, 0.2) is 0 Å². The Labute approximate surface area is 157 Å². The molecule has 1 aromatic carbocycles. The van der Waals surface area contributed by atoms with E-state index in [4.69, 9.17) is 4.74 Å². The van der Waals surface area contributed by atoms with Crippen LogP contribution < -0.4 is 10.6 Å². The molecule has 2 N–H and O–H groups in total. The molecule has 0 saturated carbocycles. The average Bonchev–Trinajstić information content (AvgIpc) is 2.69. The minimum absolute atomic E-state index is 0.172. The van der Waals surface area contributed by atoms with Crippen LogP contribution in [0.25, 0.3) is 0 Å². The zero-order valence-corrected chi connectivity index (χ0v) is 16.0. The van der Waals surface area contributed by atoms with Crippen LogP contribution >= 0.6 is 0 Å². The molecule has 0 bridgehead atoms. The first-order chi connectivity index (χ1) is 12.7. The number of nitrogens with zero attached hydrogens (tertiary/aromatic N) is 1. The van der Waals surface area contributed by atoms with E-state index in [-0.39, 0.29) is 11.3 Å². The number of nitrogens with one attached hydrogen (secondary N) is 2. The largest absolute Gasteiger partial charge is 0.384 e. The number of rotatable bonds is 7. The van der Waals surface area contributed by atoms with Gasteiger partial charge >= 0.3 is 0 Å². The van der Waals surface area contributed by atoms with Crippen molar-refractivity contribution in [3.63, 3.8) is 0 Å². The lowest BCUT2D eigenvalue weighted by atomic mass is 9.78. The number of carbonyl (C=O) groups is 1. The van der Waals surface area contributed by atoms with Crippen molar-refractivity contribution in [2.45, 2.75) is 44.7 Å². The summed E-state index contributed by atoms with van der Waals surface area (Å²) < 4.78 is 5.40. The number of carbonyl (C=O) groups excluding carboxylic acids is 1. The molecule has 0 radical (unpaired) electrons. The molecule has 0 spiro atoms. The van der Waals surface area contributed by atoms with Crippen molar-refractivity contribution in [1.82, 2.24) is 15.5 Å². The Morgan fingerprint density at radius 2 is 2.04 bits per heavy atom. The summed E-state index contributed by atoms with van der Waals surface area (Å²) in [6.45, 7) is 5.11. The zero-order valence-electron chi connectivity index (χ0n) is 16.0. The maximum absolute atomic E-state index is 13.0. The van der Waals surface area contributed by atoms with Gasteiger partial charge in [0, 0.05) is 26.2 Å². The molecule has 1 unspecified atom stereocenters. The van der Waals surface area contributed by atoms with Gasteiger partial charge < -0.3 is 15.4 Å². The molecule has 2 saturated heterocycles. The normalized spacial score (nSPS) is 23.5. The molecule has 1 aromatic rings. The quantitative estimate of drug-likeness (QED) is 0.783. The molecular formula is C21H33N3O2. The molecule has 2 aliphatic rings. The number of ether oxygens (including phenoxy) is 1. The summed E-state index contributed by atoms with van der Waals surface area (Å²) in [5.74, 6) is 0.172. The number of hydrogen-bond donors (Lipinski definition) is 2. The molecule has 5 nitrogen and oxygen atoms in total. The maximum atomic E-state index is 13.0. The smallest absolute Gasteiger partial charge is 0.228 e. The Balaban J connectivity index is 1.58. The summed E-state index contributed by atoms with van der Waals surface area (Å²) in [7, 11) is 1.69. The van der Waals surface area contributed by atoms with Gasteiger partial charge in [-0.15, -0.1) is 0 Å². The lowest BCUT2D eigenvalue weighted by Gasteiger charge is -2.38. The first-order valence-corrected chi connectivity index (χ1v) is 9.99. The van der Waals surface area contributed by atoms with E-state index < -0.39 is 0 Å². The van der Waals surface area contributed by atoms with Crippen molar-refractivity contribution in [2.24, 2.45) is 5.41 Å². The van der Waals surface area contributed by atoms with Gasteiger partial charge in [-0.1, -0.05) is 36.8 Å². The first kappa shape index (κ1) is 19.3. The highest BCUT2D eigenvalue weighted by Gasteiger charge is 2.39. The average molecular weight is 360 g/mol. The molecule has 2 fully saturated rings. The van der Waals surface area contributed by atoms with Crippen LogP contribution in [0.5, 0.6) is 0 Å². The molecule has 0 aromatic heterocycles. The van der Waals surface area contributed by atoms with Crippen LogP contribution in [-0.4, -0.2) is 56.7 Å². The second kappa shape index (κ2) is 9.49. The first-order valence-electron chi connectivity index (χ1n) is 9.99. The topological polar surface area (TPSA) is 53.6 Å². The number of hydrogen-bond acceptors (Lipinski definition) is 4. The summed E-state index contributed by atoms with van der Waals surface area (Å²) in [5, 5.41) is 6.62. The monoisotopic (exact) mass is 359 g/mol. The number of amides is 1. The van der Waals surface area contributed by atoms with Crippen LogP contribution in [0.1, 0.15) is 37.7 Å². The highest BCUT2D eigenvalue weighted by atomic mass is 16.5. The van der Waals surface area contributed by atoms with Crippen molar-refractivity contribution in [3.8, 4) is 0 Å². The van der Waals surface area contributed by atoms with Crippen molar-refractivity contribution in [2.75, 3.05) is 39.9 Å². The third-order valence-corrected chi connectivity index (χ3v) is 5.94. The molecule has 1 amide bonds. The third kappa shape index (κ3) is 4.84. The number of methoxy groups -OCH3 is 1. The van der Waals surface area contributed by atoms with E-state index >= 15 is 0 Å². The van der Waals surface area contributed by atoms with Crippen molar-refractivity contribution in [1.29, 1.82) is 0 Å². The van der Waals surface area contributed by atoms with Crippen molar-refractivity contribution in [3.05, 3.63) is 35.9 Å². The molecule has 3 rings (SSSR count). The summed E-state index contributed by atoms with van der Waals surface area (Å²) in [6, 6.07) is 11.1. The summed E-state index contributed by atoms with van der Waals surface area (Å²) in [4.78, 5) is 15.5. The molecule has 2 aliphatic heterocycles. The molecule has 26 heavy (non-hydrogen) atoms. The predicted molar refractivity (Wildman–Crippen MR) is 104 cm³/mol. The van der Waals surface area contributed by atoms with E-state index in [2.05, 4.69) is 45.9 Å². The minimum atomic E-state index is -0.362. The van der Waals surface area contributed by atoms with Gasteiger partial charge in [-0.3, -0.25) is 9.69 Å². The van der Waals surface area contributed by atoms with Gasteiger partial charge in [0.05, 0.1) is 12.0 Å². The Morgan fingerprint density at radius 3 is 2.77 bits per heavy atom. The molecular weight excluding hydrogens is 326 g/mol. The van der Waals surface area contributed by atoms with Gasteiger partial charge in [-0.2, -0.15) is 0 Å². The van der Waals surface area contributed by atoms with Gasteiger partial charge in [0.25, 0.3) is 0 Å². The van der Waals surface area contributed by atoms with Crippen molar-refractivity contribution >= 4 is 5.91 Å². The maximum Gasteiger partial charge on any atom is 0.228 e. The SMILES string of the molecule is COCC1(C(=O)NCC2CCCCN2Cc2ccccc2)CCNCC1. The second-order valence-electron chi connectivity index (χ2n) is 7.78. The summed E-state index contributed by atoms with van der Waals surface area (Å²) >= 11 is 0. The Kier molecular flexibility index (Phi) is 7.06. The highest BCUT2D eigenvalue weighted by Crippen LogP contribution is 2.29. The van der Waals surface area contributed by atoms with Crippen LogP contribution in [0.15, 0.2) is 30.3 Å². The zero-order chi connectivity index (χ0) is 18.2. The van der Waals surface area contributed by atoms with Crippen LogP contribution in [-0.2, 0) is 16.1 Å². The Bertz CT molecular complexity index is 552. The number of likely N-dealkylation sites (tertiary alicyclic amines) is 1. The van der Waals surface area contributed by atoms with E-state index in [9.17, 15) is 4.79 Å². The fraction of sp³-hybridized carbons (Fsp3) is 0.667. The number of benzene rings is 1. The Morgan fingerprint density at radius 1 is 1.27 bits per heavy atom. The molecule has 144 valence electrons. The standard InChI is InChI=1S/C21H33N3O2/c1-26-17-21(10-12-22-13-11-21)20(25)23-15-19-9-5-6-14-24(19)16-18-7-3-2-4-8-18/h2-4,7-8,19,22H,5-6,9-17H2,1H3,(H,23,25). The van der Waals surface area contributed by atoms with E-state index in [0.29, 0.717) is 12.6 Å². The Hall–Kier alpha value is -1.43. The predicted octanol–water partition coefficient (Wildman–Crippen LogP) is 2.17. The van der Waals surface area contributed by atoms with Crippen molar-refractivity contribution < 1.29 is 9.53 Å². The lowest BCUT2D eigenvalue weighted by Crippen LogP contribution is -2.53. The second-order valence-corrected chi connectivity index (χ2v) is 7.78. The minimum Gasteiger partial charge on any atom is -0.384 e. The fourth-order valence-corrected chi connectivity index (χ4v) is 4.33. The van der Waals surface area contributed by atoms with E-state index in [1.165, 1.54) is 18.4 Å². The number of piperidine rings is 2. The van der Waals surface area contributed by atoms with Crippen LogP contribution in [0.3, 0.4) is 0 Å². The fourth-order valence-electron chi connectivity index (χ4n) is 4.33. The third-order valence-electron chi connectivity index (χ3n) is 5.94.